The van der Waals surface area contributed by atoms with Crippen LogP contribution in [-0.2, 0) is 21.2 Å². The Kier molecular flexibility index (Phi) is 6.28. The van der Waals surface area contributed by atoms with Gasteiger partial charge in [0.1, 0.15) is 23.8 Å². The van der Waals surface area contributed by atoms with Gasteiger partial charge >= 0.3 is 0 Å². The highest BCUT2D eigenvalue weighted by Crippen LogP contribution is 2.25. The van der Waals surface area contributed by atoms with Crippen molar-refractivity contribution in [2.75, 3.05) is 29.0 Å². The van der Waals surface area contributed by atoms with Gasteiger partial charge in [0.25, 0.3) is 0 Å². The molecule has 0 radical (unpaired) electrons. The smallest absolute Gasteiger partial charge is 0.240 e. The third-order valence-corrected chi connectivity index (χ3v) is 6.30. The van der Waals surface area contributed by atoms with Gasteiger partial charge in [0.2, 0.25) is 15.9 Å². The van der Waals surface area contributed by atoms with E-state index in [4.69, 9.17) is 0 Å². The number of benzene rings is 1. The lowest BCUT2D eigenvalue weighted by Gasteiger charge is -2.17. The Labute approximate surface area is 186 Å². The molecule has 1 aromatic carbocycles. The van der Waals surface area contributed by atoms with Crippen molar-refractivity contribution in [1.82, 2.24) is 19.7 Å². The number of hydrogen-bond acceptors (Lipinski definition) is 8. The van der Waals surface area contributed by atoms with Crippen LogP contribution in [0.4, 0.5) is 23.1 Å². The fraction of sp³-hybridized carbons (Fsp3) is 0.238. The molecule has 1 aliphatic rings. The zero-order valence-corrected chi connectivity index (χ0v) is 18.2. The molecule has 0 atom stereocenters. The Morgan fingerprint density at radius 3 is 2.62 bits per heavy atom. The van der Waals surface area contributed by atoms with Crippen LogP contribution < -0.4 is 20.7 Å². The van der Waals surface area contributed by atoms with E-state index in [2.05, 4.69) is 35.6 Å². The molecular weight excluding hydrogens is 430 g/mol. The van der Waals surface area contributed by atoms with Crippen LogP contribution in [0, 0.1) is 6.92 Å². The molecule has 11 heteroatoms. The summed E-state index contributed by atoms with van der Waals surface area (Å²) in [6.07, 6.45) is 4.00. The van der Waals surface area contributed by atoms with Gasteiger partial charge in [0.05, 0.1) is 4.90 Å². The molecular formula is C21H23N7O3S. The largest absolute Gasteiger partial charge is 0.369 e. The number of hydrogen-bond donors (Lipinski definition) is 4. The first-order valence-corrected chi connectivity index (χ1v) is 11.6. The maximum Gasteiger partial charge on any atom is 0.240 e. The maximum absolute atomic E-state index is 12.6. The summed E-state index contributed by atoms with van der Waals surface area (Å²) in [5.41, 5.74) is 2.55. The number of rotatable bonds is 8. The number of nitrogens with one attached hydrogen (secondary N) is 4. The van der Waals surface area contributed by atoms with Crippen molar-refractivity contribution in [2.45, 2.75) is 24.7 Å². The van der Waals surface area contributed by atoms with Crippen molar-refractivity contribution in [2.24, 2.45) is 0 Å². The summed E-state index contributed by atoms with van der Waals surface area (Å²) in [7, 11) is -3.67. The SMILES string of the molecule is Cc1ccnc(Nc2cc(NCCNS(=O)(=O)c3ccc4c(c3)CCC(=O)N4)ncn2)c1. The van der Waals surface area contributed by atoms with Crippen LogP contribution in [0.1, 0.15) is 17.5 Å². The van der Waals surface area contributed by atoms with Crippen LogP contribution in [0.25, 0.3) is 0 Å². The second-order valence-corrected chi connectivity index (χ2v) is 9.09. The average molecular weight is 454 g/mol. The molecule has 0 fully saturated rings. The molecule has 0 bridgehead atoms. The molecule has 4 N–H and O–H groups in total. The number of aromatic nitrogens is 3. The quantitative estimate of drug-likeness (QED) is 0.381. The van der Waals surface area contributed by atoms with E-state index in [1.807, 2.05) is 19.1 Å². The Morgan fingerprint density at radius 2 is 1.78 bits per heavy atom. The first-order valence-electron chi connectivity index (χ1n) is 10.1. The highest BCUT2D eigenvalue weighted by molar-refractivity contribution is 7.89. The van der Waals surface area contributed by atoms with Gasteiger partial charge in [0, 0.05) is 37.5 Å². The van der Waals surface area contributed by atoms with Crippen molar-refractivity contribution < 1.29 is 13.2 Å². The second kappa shape index (κ2) is 9.28. The van der Waals surface area contributed by atoms with Crippen molar-refractivity contribution in [3.63, 3.8) is 0 Å². The van der Waals surface area contributed by atoms with E-state index in [1.54, 1.807) is 24.4 Å². The molecule has 0 unspecified atom stereocenters. The van der Waals surface area contributed by atoms with Gasteiger partial charge in [-0.05, 0) is 54.8 Å². The molecule has 0 saturated carbocycles. The number of anilines is 4. The molecule has 1 aliphatic heterocycles. The number of amides is 1. The summed E-state index contributed by atoms with van der Waals surface area (Å²) in [4.78, 5) is 24.2. The summed E-state index contributed by atoms with van der Waals surface area (Å²) in [5.74, 6) is 1.74. The maximum atomic E-state index is 12.6. The van der Waals surface area contributed by atoms with Gasteiger partial charge in [-0.25, -0.2) is 28.1 Å². The van der Waals surface area contributed by atoms with E-state index in [1.165, 1.54) is 12.4 Å². The number of carbonyl (C=O) groups is 1. The molecule has 2 aromatic heterocycles. The Morgan fingerprint density at radius 1 is 0.969 bits per heavy atom. The predicted molar refractivity (Wildman–Crippen MR) is 121 cm³/mol. The lowest BCUT2D eigenvalue weighted by molar-refractivity contribution is -0.116. The van der Waals surface area contributed by atoms with Crippen molar-refractivity contribution >= 4 is 39.1 Å². The summed E-state index contributed by atoms with van der Waals surface area (Å²) < 4.78 is 27.8. The highest BCUT2D eigenvalue weighted by Gasteiger charge is 2.19. The summed E-state index contributed by atoms with van der Waals surface area (Å²) in [5, 5.41) is 8.93. The zero-order chi connectivity index (χ0) is 22.6. The van der Waals surface area contributed by atoms with Crippen LogP contribution >= 0.6 is 0 Å². The lowest BCUT2D eigenvalue weighted by Crippen LogP contribution is -2.29. The van der Waals surface area contributed by atoms with Gasteiger partial charge in [-0.15, -0.1) is 0 Å². The Hall–Kier alpha value is -3.57. The molecule has 166 valence electrons. The van der Waals surface area contributed by atoms with Crippen LogP contribution in [0.2, 0.25) is 0 Å². The topological polar surface area (TPSA) is 138 Å². The summed E-state index contributed by atoms with van der Waals surface area (Å²) in [6, 6.07) is 10.2. The van der Waals surface area contributed by atoms with Gasteiger partial charge in [-0.3, -0.25) is 4.79 Å². The lowest BCUT2D eigenvalue weighted by atomic mass is 10.0. The zero-order valence-electron chi connectivity index (χ0n) is 17.4. The molecule has 3 aromatic rings. The number of nitrogens with zero attached hydrogens (tertiary/aromatic N) is 3. The van der Waals surface area contributed by atoms with Crippen molar-refractivity contribution in [3.8, 4) is 0 Å². The van der Waals surface area contributed by atoms with Crippen molar-refractivity contribution in [3.05, 3.63) is 60.0 Å². The first kappa shape index (κ1) is 21.7. The number of sulfonamides is 1. The fourth-order valence-corrected chi connectivity index (χ4v) is 4.33. The molecule has 10 nitrogen and oxygen atoms in total. The monoisotopic (exact) mass is 453 g/mol. The van der Waals surface area contributed by atoms with Crippen LogP contribution in [-0.4, -0.2) is 42.4 Å². The van der Waals surface area contributed by atoms with E-state index in [-0.39, 0.29) is 17.3 Å². The second-order valence-electron chi connectivity index (χ2n) is 7.32. The summed E-state index contributed by atoms with van der Waals surface area (Å²) in [6.45, 7) is 2.48. The van der Waals surface area contributed by atoms with Gasteiger partial charge in [-0.2, -0.15) is 0 Å². The number of pyridine rings is 1. The molecule has 1 amide bonds. The third-order valence-electron chi connectivity index (χ3n) is 4.84. The molecule has 0 aliphatic carbocycles. The van der Waals surface area contributed by atoms with Crippen molar-refractivity contribution in [1.29, 1.82) is 0 Å². The van der Waals surface area contributed by atoms with Gasteiger partial charge < -0.3 is 16.0 Å². The molecule has 0 spiro atoms. The first-order chi connectivity index (χ1) is 15.4. The average Bonchev–Trinajstić information content (AvgIpc) is 2.77. The van der Waals surface area contributed by atoms with E-state index in [0.717, 1.165) is 11.1 Å². The minimum Gasteiger partial charge on any atom is -0.369 e. The number of carbonyl (C=O) groups excluding carboxylic acids is 1. The van der Waals surface area contributed by atoms with Gasteiger partial charge in [0.15, 0.2) is 0 Å². The molecule has 3 heterocycles. The Bertz CT molecular complexity index is 1250. The normalized spacial score (nSPS) is 13.2. The Balaban J connectivity index is 1.31. The van der Waals surface area contributed by atoms with Crippen LogP contribution in [0.5, 0.6) is 0 Å². The minimum absolute atomic E-state index is 0.0597. The van der Waals surface area contributed by atoms with E-state index >= 15 is 0 Å². The van der Waals surface area contributed by atoms with Gasteiger partial charge in [-0.1, -0.05) is 0 Å². The van der Waals surface area contributed by atoms with Crippen LogP contribution in [0.3, 0.4) is 0 Å². The predicted octanol–water partition coefficient (Wildman–Crippen LogP) is 2.20. The molecule has 0 saturated heterocycles. The molecule has 32 heavy (non-hydrogen) atoms. The minimum atomic E-state index is -3.67. The summed E-state index contributed by atoms with van der Waals surface area (Å²) >= 11 is 0. The fourth-order valence-electron chi connectivity index (χ4n) is 3.24. The van der Waals surface area contributed by atoms with E-state index in [0.29, 0.717) is 42.5 Å². The van der Waals surface area contributed by atoms with E-state index < -0.39 is 10.0 Å². The standard InChI is InChI=1S/C21H23N7O3S/c1-14-6-7-22-19(10-14)28-20-12-18(24-13-25-20)23-8-9-26-32(30,31)16-3-4-17-15(11-16)2-5-21(29)27-17/h3-4,6-7,10-13,26H,2,5,8-9H2,1H3,(H,27,29)(H2,22,23,24,25,28). The van der Waals surface area contributed by atoms with Crippen LogP contribution in [0.15, 0.2) is 53.8 Å². The number of aryl methyl sites for hydroxylation is 2. The highest BCUT2D eigenvalue weighted by atomic mass is 32.2. The number of fused-ring (bicyclic) bond motifs is 1. The van der Waals surface area contributed by atoms with E-state index in [9.17, 15) is 13.2 Å². The third kappa shape index (κ3) is 5.37. The molecule has 4 rings (SSSR count).